The van der Waals surface area contributed by atoms with Crippen LogP contribution in [0.3, 0.4) is 0 Å². The fraction of sp³-hybridized carbons (Fsp3) is 0.200. The Bertz CT molecular complexity index is 518. The van der Waals surface area contributed by atoms with Crippen molar-refractivity contribution in [1.29, 1.82) is 0 Å². The highest BCUT2D eigenvalue weighted by atomic mass is 19.4. The Morgan fingerprint density at radius 1 is 1.29 bits per heavy atom. The lowest BCUT2D eigenvalue weighted by molar-refractivity contribution is -0.141. The van der Waals surface area contributed by atoms with Crippen LogP contribution in [-0.4, -0.2) is 14.8 Å². The Balaban J connectivity index is 2.37. The molecule has 17 heavy (non-hydrogen) atoms. The summed E-state index contributed by atoms with van der Waals surface area (Å²) in [5.41, 5.74) is 5.26. The molecular formula is C10H9F3N4. The number of nitrogens with zero attached hydrogens (tertiary/aromatic N) is 3. The zero-order valence-electron chi connectivity index (χ0n) is 8.65. The van der Waals surface area contributed by atoms with Gasteiger partial charge in [0.15, 0.2) is 11.5 Å². The summed E-state index contributed by atoms with van der Waals surface area (Å²) in [6, 6.07) is 4.18. The van der Waals surface area contributed by atoms with Crippen LogP contribution >= 0.6 is 0 Å². The fourth-order valence-corrected chi connectivity index (χ4v) is 1.32. The van der Waals surface area contributed by atoms with Crippen LogP contribution in [0.25, 0.3) is 5.82 Å². The highest BCUT2D eigenvalue weighted by molar-refractivity contribution is 5.27. The first-order valence-electron chi connectivity index (χ1n) is 4.79. The molecule has 0 atom stereocenters. The van der Waals surface area contributed by atoms with Gasteiger partial charge in [0, 0.05) is 18.9 Å². The van der Waals surface area contributed by atoms with Gasteiger partial charge in [0.2, 0.25) is 0 Å². The minimum absolute atomic E-state index is 0.295. The third-order valence-corrected chi connectivity index (χ3v) is 2.16. The van der Waals surface area contributed by atoms with Crippen molar-refractivity contribution in [3.05, 3.63) is 41.9 Å². The molecule has 0 saturated heterocycles. The summed E-state index contributed by atoms with van der Waals surface area (Å²) in [6.45, 7) is 0.295. The number of halogens is 3. The average molecular weight is 242 g/mol. The maximum Gasteiger partial charge on any atom is 0.435 e. The van der Waals surface area contributed by atoms with Crippen molar-refractivity contribution >= 4 is 0 Å². The molecule has 2 rings (SSSR count). The van der Waals surface area contributed by atoms with Crippen LogP contribution in [0.1, 0.15) is 11.3 Å². The largest absolute Gasteiger partial charge is 0.435 e. The molecule has 7 heteroatoms. The number of pyridine rings is 1. The molecule has 0 unspecified atom stereocenters. The summed E-state index contributed by atoms with van der Waals surface area (Å²) >= 11 is 0. The molecule has 0 aromatic carbocycles. The van der Waals surface area contributed by atoms with Crippen molar-refractivity contribution in [2.45, 2.75) is 12.7 Å². The topological polar surface area (TPSA) is 56.7 Å². The predicted octanol–water partition coefficient (Wildman–Crippen LogP) is 1.74. The van der Waals surface area contributed by atoms with Crippen LogP contribution in [0.15, 0.2) is 30.6 Å². The molecule has 0 saturated carbocycles. The van der Waals surface area contributed by atoms with Gasteiger partial charge in [-0.1, -0.05) is 0 Å². The minimum Gasteiger partial charge on any atom is -0.326 e. The Hall–Kier alpha value is -1.89. The molecule has 0 spiro atoms. The van der Waals surface area contributed by atoms with E-state index in [1.165, 1.54) is 12.4 Å². The molecule has 0 bridgehead atoms. The number of aromatic nitrogens is 3. The first-order chi connectivity index (χ1) is 8.00. The van der Waals surface area contributed by atoms with Gasteiger partial charge in [-0.25, -0.2) is 9.67 Å². The molecule has 4 nitrogen and oxygen atoms in total. The van der Waals surface area contributed by atoms with Crippen molar-refractivity contribution in [1.82, 2.24) is 14.8 Å². The highest BCUT2D eigenvalue weighted by Crippen LogP contribution is 2.27. The molecule has 0 aliphatic carbocycles. The van der Waals surface area contributed by atoms with E-state index in [0.717, 1.165) is 16.3 Å². The second-order valence-electron chi connectivity index (χ2n) is 3.37. The molecule has 0 fully saturated rings. The normalized spacial score (nSPS) is 11.8. The number of nitrogens with two attached hydrogens (primary N) is 1. The summed E-state index contributed by atoms with van der Waals surface area (Å²) in [5, 5.41) is 3.42. The van der Waals surface area contributed by atoms with E-state index in [0.29, 0.717) is 12.4 Å². The van der Waals surface area contributed by atoms with Crippen LogP contribution in [0.4, 0.5) is 13.2 Å². The monoisotopic (exact) mass is 242 g/mol. The SMILES string of the molecule is NCc1ccnc(-n2ccc(C(F)(F)F)n2)c1. The van der Waals surface area contributed by atoms with Gasteiger partial charge < -0.3 is 5.73 Å². The zero-order chi connectivity index (χ0) is 12.5. The van der Waals surface area contributed by atoms with E-state index in [-0.39, 0.29) is 0 Å². The smallest absolute Gasteiger partial charge is 0.326 e. The van der Waals surface area contributed by atoms with Gasteiger partial charge in [-0.15, -0.1) is 0 Å². The molecule has 0 amide bonds. The predicted molar refractivity (Wildman–Crippen MR) is 54.3 cm³/mol. The van der Waals surface area contributed by atoms with Crippen LogP contribution in [-0.2, 0) is 12.7 Å². The van der Waals surface area contributed by atoms with E-state index >= 15 is 0 Å². The summed E-state index contributed by atoms with van der Waals surface area (Å²) in [5.74, 6) is 0.309. The van der Waals surface area contributed by atoms with Crippen molar-refractivity contribution in [2.75, 3.05) is 0 Å². The number of rotatable bonds is 2. The van der Waals surface area contributed by atoms with E-state index in [9.17, 15) is 13.2 Å². The van der Waals surface area contributed by atoms with Gasteiger partial charge in [0.25, 0.3) is 0 Å². The van der Waals surface area contributed by atoms with Crippen molar-refractivity contribution in [2.24, 2.45) is 5.73 Å². The van der Waals surface area contributed by atoms with E-state index in [1.54, 1.807) is 12.1 Å². The van der Waals surface area contributed by atoms with Gasteiger partial charge in [0.05, 0.1) is 0 Å². The average Bonchev–Trinajstić information content (AvgIpc) is 2.78. The summed E-state index contributed by atoms with van der Waals surface area (Å²) in [4.78, 5) is 3.93. The second kappa shape index (κ2) is 4.17. The Kier molecular flexibility index (Phi) is 2.84. The Morgan fingerprint density at radius 3 is 2.65 bits per heavy atom. The zero-order valence-corrected chi connectivity index (χ0v) is 8.65. The molecule has 2 N–H and O–H groups in total. The highest BCUT2D eigenvalue weighted by Gasteiger charge is 2.33. The maximum atomic E-state index is 12.3. The van der Waals surface area contributed by atoms with Gasteiger partial charge in [-0.3, -0.25) is 0 Å². The molecule has 2 aromatic rings. The number of hydrogen-bond acceptors (Lipinski definition) is 3. The molecule has 90 valence electrons. The van der Waals surface area contributed by atoms with Gasteiger partial charge in [0.1, 0.15) is 0 Å². The first-order valence-corrected chi connectivity index (χ1v) is 4.79. The van der Waals surface area contributed by atoms with E-state index in [2.05, 4.69) is 10.1 Å². The molecular weight excluding hydrogens is 233 g/mol. The summed E-state index contributed by atoms with van der Waals surface area (Å²) < 4.78 is 38.1. The van der Waals surface area contributed by atoms with Crippen LogP contribution in [0, 0.1) is 0 Å². The third-order valence-electron chi connectivity index (χ3n) is 2.16. The lowest BCUT2D eigenvalue weighted by Crippen LogP contribution is -2.08. The number of alkyl halides is 3. The summed E-state index contributed by atoms with van der Waals surface area (Å²) in [6.07, 6.45) is -1.76. The Labute approximate surface area is 94.9 Å². The molecule has 2 aromatic heterocycles. The van der Waals surface area contributed by atoms with E-state index < -0.39 is 11.9 Å². The molecule has 0 aliphatic rings. The fourth-order valence-electron chi connectivity index (χ4n) is 1.32. The van der Waals surface area contributed by atoms with Crippen molar-refractivity contribution in [3.63, 3.8) is 0 Å². The summed E-state index contributed by atoms with van der Waals surface area (Å²) in [7, 11) is 0. The van der Waals surface area contributed by atoms with E-state index in [1.807, 2.05) is 0 Å². The lowest BCUT2D eigenvalue weighted by Gasteiger charge is -2.03. The Morgan fingerprint density at radius 2 is 2.06 bits per heavy atom. The molecule has 0 radical (unpaired) electrons. The van der Waals surface area contributed by atoms with Crippen LogP contribution in [0.2, 0.25) is 0 Å². The quantitative estimate of drug-likeness (QED) is 0.872. The van der Waals surface area contributed by atoms with Crippen LogP contribution in [0.5, 0.6) is 0 Å². The molecule has 0 aliphatic heterocycles. The second-order valence-corrected chi connectivity index (χ2v) is 3.37. The molecule has 2 heterocycles. The maximum absolute atomic E-state index is 12.3. The first kappa shape index (κ1) is 11.6. The standard InChI is InChI=1S/C10H9F3N4/c11-10(12,13)8-2-4-17(16-8)9-5-7(6-14)1-3-15-9/h1-5H,6,14H2. The van der Waals surface area contributed by atoms with Gasteiger partial charge >= 0.3 is 6.18 Å². The van der Waals surface area contributed by atoms with Crippen LogP contribution < -0.4 is 5.73 Å². The van der Waals surface area contributed by atoms with Gasteiger partial charge in [-0.2, -0.15) is 18.3 Å². The number of hydrogen-bond donors (Lipinski definition) is 1. The van der Waals surface area contributed by atoms with Crippen molar-refractivity contribution in [3.8, 4) is 5.82 Å². The lowest BCUT2D eigenvalue weighted by atomic mass is 10.2. The van der Waals surface area contributed by atoms with E-state index in [4.69, 9.17) is 5.73 Å². The minimum atomic E-state index is -4.45. The third kappa shape index (κ3) is 2.44. The van der Waals surface area contributed by atoms with Crippen molar-refractivity contribution < 1.29 is 13.2 Å². The van der Waals surface area contributed by atoms with Gasteiger partial charge in [-0.05, 0) is 23.8 Å².